The fourth-order valence-corrected chi connectivity index (χ4v) is 2.45. The third-order valence-corrected chi connectivity index (χ3v) is 3.45. The highest BCUT2D eigenvalue weighted by molar-refractivity contribution is 5.98. The molecule has 2 heterocycles. The highest BCUT2D eigenvalue weighted by Crippen LogP contribution is 2.29. The van der Waals surface area contributed by atoms with Crippen molar-refractivity contribution in [1.29, 1.82) is 0 Å². The maximum Gasteiger partial charge on any atom is 0.227 e. The zero-order valence-corrected chi connectivity index (χ0v) is 11.2. The highest BCUT2D eigenvalue weighted by Gasteiger charge is 2.23. The van der Waals surface area contributed by atoms with Crippen LogP contribution in [0.5, 0.6) is 0 Å². The molecule has 1 aliphatic heterocycles. The first-order chi connectivity index (χ1) is 9.84. The van der Waals surface area contributed by atoms with Crippen LogP contribution in [0.3, 0.4) is 0 Å². The van der Waals surface area contributed by atoms with Gasteiger partial charge in [-0.15, -0.1) is 0 Å². The molecule has 1 aliphatic rings. The standard InChI is InChI=1S/C16H17N3O/c20-16-9-5-11-19(16)15-8-2-1-7-14(15)18-12-13-6-3-4-10-17-13/h1-4,6-8,10,18H,5,9,11-12H2. The molecule has 102 valence electrons. The van der Waals surface area contributed by atoms with E-state index in [4.69, 9.17) is 0 Å². The molecular weight excluding hydrogens is 250 g/mol. The van der Waals surface area contributed by atoms with E-state index in [9.17, 15) is 4.79 Å². The van der Waals surface area contributed by atoms with Crippen molar-refractivity contribution in [1.82, 2.24) is 4.98 Å². The second-order valence-electron chi connectivity index (χ2n) is 4.84. The quantitative estimate of drug-likeness (QED) is 0.926. The molecule has 1 N–H and O–H groups in total. The second kappa shape index (κ2) is 5.74. The molecule has 0 saturated carbocycles. The van der Waals surface area contributed by atoms with Gasteiger partial charge in [0.2, 0.25) is 5.91 Å². The number of carbonyl (C=O) groups excluding carboxylic acids is 1. The Labute approximate surface area is 118 Å². The lowest BCUT2D eigenvalue weighted by Crippen LogP contribution is -2.24. The van der Waals surface area contributed by atoms with Gasteiger partial charge in [0, 0.05) is 19.2 Å². The summed E-state index contributed by atoms with van der Waals surface area (Å²) in [4.78, 5) is 18.0. The van der Waals surface area contributed by atoms with Gasteiger partial charge in [0.1, 0.15) is 0 Å². The predicted molar refractivity (Wildman–Crippen MR) is 79.6 cm³/mol. The number of hydrogen-bond donors (Lipinski definition) is 1. The average molecular weight is 267 g/mol. The van der Waals surface area contributed by atoms with E-state index >= 15 is 0 Å². The summed E-state index contributed by atoms with van der Waals surface area (Å²) in [6.45, 7) is 1.46. The van der Waals surface area contributed by atoms with Gasteiger partial charge in [0.05, 0.1) is 23.6 Å². The summed E-state index contributed by atoms with van der Waals surface area (Å²) in [7, 11) is 0. The van der Waals surface area contributed by atoms with Crippen molar-refractivity contribution in [2.24, 2.45) is 0 Å². The van der Waals surface area contributed by atoms with Gasteiger partial charge in [-0.3, -0.25) is 9.78 Å². The molecule has 1 saturated heterocycles. The summed E-state index contributed by atoms with van der Waals surface area (Å²) < 4.78 is 0. The number of amides is 1. The third-order valence-electron chi connectivity index (χ3n) is 3.45. The Kier molecular flexibility index (Phi) is 3.63. The minimum Gasteiger partial charge on any atom is -0.378 e. The van der Waals surface area contributed by atoms with Crippen LogP contribution < -0.4 is 10.2 Å². The van der Waals surface area contributed by atoms with Crippen molar-refractivity contribution in [3.05, 3.63) is 54.4 Å². The van der Waals surface area contributed by atoms with Crippen molar-refractivity contribution < 1.29 is 4.79 Å². The van der Waals surface area contributed by atoms with Gasteiger partial charge in [0.15, 0.2) is 0 Å². The van der Waals surface area contributed by atoms with Crippen molar-refractivity contribution in [2.45, 2.75) is 19.4 Å². The smallest absolute Gasteiger partial charge is 0.227 e. The minimum absolute atomic E-state index is 0.206. The number of nitrogens with zero attached hydrogens (tertiary/aromatic N) is 2. The Morgan fingerprint density at radius 1 is 1.15 bits per heavy atom. The Hall–Kier alpha value is -2.36. The molecule has 0 aliphatic carbocycles. The van der Waals surface area contributed by atoms with Crippen LogP contribution in [-0.4, -0.2) is 17.4 Å². The molecule has 0 radical (unpaired) electrons. The molecule has 3 rings (SSSR count). The molecule has 1 amide bonds. The van der Waals surface area contributed by atoms with E-state index in [-0.39, 0.29) is 5.91 Å². The Morgan fingerprint density at radius 3 is 2.75 bits per heavy atom. The van der Waals surface area contributed by atoms with E-state index in [0.717, 1.165) is 30.0 Å². The van der Waals surface area contributed by atoms with Crippen LogP contribution in [0.25, 0.3) is 0 Å². The van der Waals surface area contributed by atoms with Crippen LogP contribution in [0.1, 0.15) is 18.5 Å². The summed E-state index contributed by atoms with van der Waals surface area (Å²) in [6, 6.07) is 13.8. The van der Waals surface area contributed by atoms with Crippen LogP contribution in [0.15, 0.2) is 48.7 Å². The monoisotopic (exact) mass is 267 g/mol. The molecule has 4 nitrogen and oxygen atoms in total. The number of hydrogen-bond acceptors (Lipinski definition) is 3. The van der Waals surface area contributed by atoms with Gasteiger partial charge in [-0.25, -0.2) is 0 Å². The maximum atomic E-state index is 11.9. The third kappa shape index (κ3) is 2.64. The molecule has 0 spiro atoms. The summed E-state index contributed by atoms with van der Waals surface area (Å²) in [6.07, 6.45) is 3.37. The van der Waals surface area contributed by atoms with Gasteiger partial charge < -0.3 is 10.2 Å². The molecule has 1 aromatic heterocycles. The first-order valence-corrected chi connectivity index (χ1v) is 6.88. The fraction of sp³-hybridized carbons (Fsp3) is 0.250. The van der Waals surface area contributed by atoms with Crippen LogP contribution >= 0.6 is 0 Å². The van der Waals surface area contributed by atoms with Gasteiger partial charge >= 0.3 is 0 Å². The second-order valence-corrected chi connectivity index (χ2v) is 4.84. The normalized spacial score (nSPS) is 14.6. The number of carbonyl (C=O) groups is 1. The van der Waals surface area contributed by atoms with E-state index < -0.39 is 0 Å². The Bertz CT molecular complexity index is 598. The number of rotatable bonds is 4. The number of pyridine rings is 1. The predicted octanol–water partition coefficient (Wildman–Crippen LogP) is 2.82. The molecule has 1 fully saturated rings. The molecule has 2 aromatic rings. The van der Waals surface area contributed by atoms with E-state index in [1.54, 1.807) is 6.20 Å². The lowest BCUT2D eigenvalue weighted by molar-refractivity contribution is -0.117. The maximum absolute atomic E-state index is 11.9. The van der Waals surface area contributed by atoms with Crippen LogP contribution in [0, 0.1) is 0 Å². The lowest BCUT2D eigenvalue weighted by atomic mass is 10.2. The van der Waals surface area contributed by atoms with Crippen LogP contribution in [0.4, 0.5) is 11.4 Å². The van der Waals surface area contributed by atoms with E-state index in [1.807, 2.05) is 47.4 Å². The van der Waals surface area contributed by atoms with E-state index in [0.29, 0.717) is 13.0 Å². The zero-order chi connectivity index (χ0) is 13.8. The van der Waals surface area contributed by atoms with Crippen molar-refractivity contribution in [2.75, 3.05) is 16.8 Å². The van der Waals surface area contributed by atoms with Crippen molar-refractivity contribution in [3.8, 4) is 0 Å². The molecule has 0 unspecified atom stereocenters. The van der Waals surface area contributed by atoms with Crippen LogP contribution in [-0.2, 0) is 11.3 Å². The molecular formula is C16H17N3O. The summed E-state index contributed by atoms with van der Waals surface area (Å²) >= 11 is 0. The number of anilines is 2. The van der Waals surface area contributed by atoms with Gasteiger partial charge in [0.25, 0.3) is 0 Å². The van der Waals surface area contributed by atoms with Gasteiger partial charge in [-0.05, 0) is 30.7 Å². The molecule has 0 atom stereocenters. The fourth-order valence-electron chi connectivity index (χ4n) is 2.45. The first kappa shape index (κ1) is 12.7. The molecule has 0 bridgehead atoms. The Morgan fingerprint density at radius 2 is 2.00 bits per heavy atom. The lowest BCUT2D eigenvalue weighted by Gasteiger charge is -2.20. The summed E-state index contributed by atoms with van der Waals surface area (Å²) in [5, 5.41) is 3.37. The summed E-state index contributed by atoms with van der Waals surface area (Å²) in [5.74, 6) is 0.206. The molecule has 4 heteroatoms. The molecule has 1 aromatic carbocycles. The molecule has 20 heavy (non-hydrogen) atoms. The van der Waals surface area contributed by atoms with Crippen molar-refractivity contribution in [3.63, 3.8) is 0 Å². The minimum atomic E-state index is 0.206. The number of benzene rings is 1. The number of para-hydroxylation sites is 2. The average Bonchev–Trinajstić information content (AvgIpc) is 2.92. The van der Waals surface area contributed by atoms with E-state index in [1.165, 1.54) is 0 Å². The SMILES string of the molecule is O=C1CCCN1c1ccccc1NCc1ccccn1. The Balaban J connectivity index is 1.78. The number of nitrogens with one attached hydrogen (secondary N) is 1. The highest BCUT2D eigenvalue weighted by atomic mass is 16.2. The topological polar surface area (TPSA) is 45.2 Å². The van der Waals surface area contributed by atoms with E-state index in [2.05, 4.69) is 10.3 Å². The first-order valence-electron chi connectivity index (χ1n) is 6.88. The number of aromatic nitrogens is 1. The van der Waals surface area contributed by atoms with Gasteiger partial charge in [-0.2, -0.15) is 0 Å². The summed E-state index contributed by atoms with van der Waals surface area (Å²) in [5.41, 5.74) is 2.93. The largest absolute Gasteiger partial charge is 0.378 e. The van der Waals surface area contributed by atoms with Gasteiger partial charge in [-0.1, -0.05) is 18.2 Å². The van der Waals surface area contributed by atoms with Crippen LogP contribution in [0.2, 0.25) is 0 Å². The van der Waals surface area contributed by atoms with Crippen molar-refractivity contribution >= 4 is 17.3 Å². The zero-order valence-electron chi connectivity index (χ0n) is 11.2.